The minimum Gasteiger partial charge on any atom is -0.358 e. The quantitative estimate of drug-likeness (QED) is 0.938. The maximum Gasteiger partial charge on any atom is 0.249 e. The Bertz CT molecular complexity index is 636. The molecule has 1 aromatic heterocycles. The van der Waals surface area contributed by atoms with Crippen LogP contribution in [0.25, 0.3) is 0 Å². The molecule has 0 bridgehead atoms. The minimum atomic E-state index is -0.223. The van der Waals surface area contributed by atoms with Crippen molar-refractivity contribution in [1.29, 1.82) is 0 Å². The Morgan fingerprint density at radius 2 is 1.95 bits per heavy atom. The zero-order valence-electron chi connectivity index (χ0n) is 12.2. The molecule has 21 heavy (non-hydrogen) atoms. The number of nitrogens with one attached hydrogen (secondary N) is 1. The number of aryl methyl sites for hydroxylation is 2. The first kappa shape index (κ1) is 13.5. The third-order valence-corrected chi connectivity index (χ3v) is 3.56. The van der Waals surface area contributed by atoms with E-state index in [4.69, 9.17) is 0 Å². The first-order chi connectivity index (χ1) is 10.1. The highest BCUT2D eigenvalue weighted by atomic mass is 16.2. The first-order valence-electron chi connectivity index (χ1n) is 7.09. The van der Waals surface area contributed by atoms with Crippen molar-refractivity contribution >= 4 is 17.4 Å². The van der Waals surface area contributed by atoms with Crippen LogP contribution in [0.15, 0.2) is 36.4 Å². The molecule has 1 atom stereocenters. The van der Waals surface area contributed by atoms with Crippen LogP contribution >= 0.6 is 0 Å². The number of nitrogens with zero attached hydrogens (tertiary/aromatic N) is 3. The van der Waals surface area contributed by atoms with E-state index in [2.05, 4.69) is 15.3 Å². The van der Waals surface area contributed by atoms with Gasteiger partial charge in [0.05, 0.1) is 0 Å². The van der Waals surface area contributed by atoms with E-state index in [9.17, 15) is 4.79 Å². The Balaban J connectivity index is 1.75. The van der Waals surface area contributed by atoms with Crippen LogP contribution in [-0.2, 0) is 4.79 Å². The van der Waals surface area contributed by atoms with Gasteiger partial charge in [-0.05, 0) is 32.4 Å². The van der Waals surface area contributed by atoms with Crippen molar-refractivity contribution in [3.05, 3.63) is 47.9 Å². The Kier molecular flexibility index (Phi) is 3.56. The number of hydrogen-bond acceptors (Lipinski definition) is 4. The summed E-state index contributed by atoms with van der Waals surface area (Å²) in [5, 5.41) is 3.23. The van der Waals surface area contributed by atoms with Gasteiger partial charge in [0, 0.05) is 24.0 Å². The number of amides is 1. The molecule has 1 fully saturated rings. The van der Waals surface area contributed by atoms with Crippen LogP contribution in [0.2, 0.25) is 0 Å². The van der Waals surface area contributed by atoms with Crippen LogP contribution < -0.4 is 10.2 Å². The molecule has 5 heteroatoms. The average molecular weight is 282 g/mol. The predicted molar refractivity (Wildman–Crippen MR) is 82.3 cm³/mol. The van der Waals surface area contributed by atoms with Crippen LogP contribution in [0.5, 0.6) is 0 Å². The van der Waals surface area contributed by atoms with E-state index >= 15 is 0 Å². The van der Waals surface area contributed by atoms with Crippen molar-refractivity contribution < 1.29 is 4.79 Å². The van der Waals surface area contributed by atoms with Crippen molar-refractivity contribution in [1.82, 2.24) is 9.97 Å². The highest BCUT2D eigenvalue weighted by molar-refractivity contribution is 6.00. The number of carbonyl (C=O) groups excluding carboxylic acids is 1. The summed E-state index contributed by atoms with van der Waals surface area (Å²) >= 11 is 0. The molecule has 1 unspecified atom stereocenters. The van der Waals surface area contributed by atoms with Crippen molar-refractivity contribution in [2.45, 2.75) is 26.3 Å². The lowest BCUT2D eigenvalue weighted by Gasteiger charge is -2.17. The SMILES string of the molecule is Cc1cc(NC2CCN(c3ccccc3)C2=O)nc(C)n1. The molecule has 2 heterocycles. The van der Waals surface area contributed by atoms with Crippen molar-refractivity contribution in [3.63, 3.8) is 0 Å². The summed E-state index contributed by atoms with van der Waals surface area (Å²) in [5.41, 5.74) is 1.84. The molecule has 1 aliphatic heterocycles. The predicted octanol–water partition coefficient (Wildman–Crippen LogP) is 2.31. The fourth-order valence-electron chi connectivity index (χ4n) is 2.65. The molecule has 1 N–H and O–H groups in total. The van der Waals surface area contributed by atoms with Crippen molar-refractivity contribution in [3.8, 4) is 0 Å². The van der Waals surface area contributed by atoms with Crippen LogP contribution in [0.1, 0.15) is 17.9 Å². The van der Waals surface area contributed by atoms with Gasteiger partial charge in [0.15, 0.2) is 0 Å². The Hall–Kier alpha value is -2.43. The van der Waals surface area contributed by atoms with Crippen LogP contribution in [0.3, 0.4) is 0 Å². The van der Waals surface area contributed by atoms with Gasteiger partial charge in [0.1, 0.15) is 17.7 Å². The normalized spacial score (nSPS) is 18.1. The molecule has 1 saturated heterocycles. The van der Waals surface area contributed by atoms with Crippen molar-refractivity contribution in [2.75, 3.05) is 16.8 Å². The Morgan fingerprint density at radius 1 is 1.19 bits per heavy atom. The maximum atomic E-state index is 12.5. The molecule has 1 aliphatic rings. The van der Waals surface area contributed by atoms with Crippen LogP contribution in [-0.4, -0.2) is 28.5 Å². The van der Waals surface area contributed by atoms with E-state index < -0.39 is 0 Å². The van der Waals surface area contributed by atoms with Gasteiger partial charge < -0.3 is 10.2 Å². The Morgan fingerprint density at radius 3 is 2.67 bits per heavy atom. The van der Waals surface area contributed by atoms with Gasteiger partial charge in [-0.1, -0.05) is 18.2 Å². The maximum absolute atomic E-state index is 12.5. The third-order valence-electron chi connectivity index (χ3n) is 3.56. The third kappa shape index (κ3) is 2.86. The van der Waals surface area contributed by atoms with E-state index in [1.165, 1.54) is 0 Å². The van der Waals surface area contributed by atoms with Crippen molar-refractivity contribution in [2.24, 2.45) is 0 Å². The van der Waals surface area contributed by atoms with Gasteiger partial charge in [0.2, 0.25) is 5.91 Å². The number of anilines is 2. The molecular weight excluding hydrogens is 264 g/mol. The van der Waals surface area contributed by atoms with E-state index in [1.807, 2.05) is 55.1 Å². The molecular formula is C16H18N4O. The summed E-state index contributed by atoms with van der Waals surface area (Å²) in [6.45, 7) is 4.50. The lowest BCUT2D eigenvalue weighted by atomic mass is 10.2. The summed E-state index contributed by atoms with van der Waals surface area (Å²) in [7, 11) is 0. The topological polar surface area (TPSA) is 58.1 Å². The Labute approximate surface area is 124 Å². The lowest BCUT2D eigenvalue weighted by Crippen LogP contribution is -2.33. The van der Waals surface area contributed by atoms with E-state index in [1.54, 1.807) is 0 Å². The fourth-order valence-corrected chi connectivity index (χ4v) is 2.65. The van der Waals surface area contributed by atoms with Crippen LogP contribution in [0.4, 0.5) is 11.5 Å². The zero-order valence-corrected chi connectivity index (χ0v) is 12.2. The average Bonchev–Trinajstić information content (AvgIpc) is 2.80. The van der Waals surface area contributed by atoms with E-state index in [0.29, 0.717) is 11.6 Å². The summed E-state index contributed by atoms with van der Waals surface area (Å²) in [6, 6.07) is 11.4. The van der Waals surface area contributed by atoms with E-state index in [0.717, 1.165) is 24.3 Å². The molecule has 108 valence electrons. The molecule has 0 saturated carbocycles. The standard InChI is InChI=1S/C16H18N4O/c1-11-10-15(18-12(2)17-11)19-14-8-9-20(16(14)21)13-6-4-3-5-7-13/h3-7,10,14H,8-9H2,1-2H3,(H,17,18,19). The molecule has 0 aliphatic carbocycles. The number of para-hydroxylation sites is 1. The number of carbonyl (C=O) groups is 1. The molecule has 0 radical (unpaired) electrons. The second-order valence-electron chi connectivity index (χ2n) is 5.25. The highest BCUT2D eigenvalue weighted by Gasteiger charge is 2.32. The molecule has 5 nitrogen and oxygen atoms in total. The second kappa shape index (κ2) is 5.52. The molecule has 1 aromatic carbocycles. The van der Waals surface area contributed by atoms with E-state index in [-0.39, 0.29) is 11.9 Å². The van der Waals surface area contributed by atoms with Crippen LogP contribution in [0, 0.1) is 13.8 Å². The number of benzene rings is 1. The molecule has 0 spiro atoms. The lowest BCUT2D eigenvalue weighted by molar-refractivity contribution is -0.117. The van der Waals surface area contributed by atoms with Gasteiger partial charge >= 0.3 is 0 Å². The fraction of sp³-hybridized carbons (Fsp3) is 0.312. The zero-order chi connectivity index (χ0) is 14.8. The summed E-state index contributed by atoms with van der Waals surface area (Å²) in [5.74, 6) is 1.52. The van der Waals surface area contributed by atoms with Gasteiger partial charge in [-0.3, -0.25) is 4.79 Å². The van der Waals surface area contributed by atoms with Gasteiger partial charge in [0.25, 0.3) is 0 Å². The molecule has 3 rings (SSSR count). The molecule has 1 amide bonds. The first-order valence-corrected chi connectivity index (χ1v) is 7.09. The second-order valence-corrected chi connectivity index (χ2v) is 5.25. The summed E-state index contributed by atoms with van der Waals surface area (Å²) in [4.78, 5) is 22.9. The number of rotatable bonds is 3. The highest BCUT2D eigenvalue weighted by Crippen LogP contribution is 2.23. The number of hydrogen-bond donors (Lipinski definition) is 1. The largest absolute Gasteiger partial charge is 0.358 e. The minimum absolute atomic E-state index is 0.0927. The van der Waals surface area contributed by atoms with Gasteiger partial charge in [-0.2, -0.15) is 0 Å². The summed E-state index contributed by atoms with van der Waals surface area (Å²) in [6.07, 6.45) is 0.774. The smallest absolute Gasteiger partial charge is 0.249 e. The summed E-state index contributed by atoms with van der Waals surface area (Å²) < 4.78 is 0. The van der Waals surface area contributed by atoms with Gasteiger partial charge in [-0.15, -0.1) is 0 Å². The van der Waals surface area contributed by atoms with Gasteiger partial charge in [-0.25, -0.2) is 9.97 Å². The molecule has 2 aromatic rings. The number of aromatic nitrogens is 2. The monoisotopic (exact) mass is 282 g/mol.